The third-order valence-electron chi connectivity index (χ3n) is 4.31. The summed E-state index contributed by atoms with van der Waals surface area (Å²) in [6.45, 7) is 3.79. The van der Waals surface area contributed by atoms with Gasteiger partial charge in [0.25, 0.3) is 5.69 Å². The number of allylic oxidation sites excluding steroid dienone is 1. The van der Waals surface area contributed by atoms with Crippen LogP contribution in [0.1, 0.15) is 11.4 Å². The molecule has 0 fully saturated rings. The lowest BCUT2D eigenvalue weighted by atomic mass is 10.2. The lowest BCUT2D eigenvalue weighted by Crippen LogP contribution is -2.15. The predicted octanol–water partition coefficient (Wildman–Crippen LogP) is 4.70. The first-order valence-corrected chi connectivity index (χ1v) is 10.7. The number of thioether (sulfide) groups is 1. The highest BCUT2D eigenvalue weighted by molar-refractivity contribution is 7.99. The number of rotatable bonds is 10. The van der Waals surface area contributed by atoms with Gasteiger partial charge in [-0.1, -0.05) is 30.0 Å². The van der Waals surface area contributed by atoms with E-state index in [1.807, 2.05) is 0 Å². The van der Waals surface area contributed by atoms with Crippen molar-refractivity contribution >= 4 is 29.0 Å². The highest BCUT2D eigenvalue weighted by Crippen LogP contribution is 2.31. The number of hydrogen-bond acceptors (Lipinski definition) is 7. The molecule has 0 aliphatic carbocycles. The van der Waals surface area contributed by atoms with Gasteiger partial charge in [0.1, 0.15) is 12.4 Å². The van der Waals surface area contributed by atoms with Gasteiger partial charge in [0, 0.05) is 24.4 Å². The quantitative estimate of drug-likeness (QED) is 0.189. The average Bonchev–Trinajstić information content (AvgIpc) is 3.18. The van der Waals surface area contributed by atoms with Crippen LogP contribution in [0.2, 0.25) is 0 Å². The van der Waals surface area contributed by atoms with Crippen LogP contribution in [-0.2, 0) is 24.1 Å². The van der Waals surface area contributed by atoms with Crippen molar-refractivity contribution in [1.82, 2.24) is 14.8 Å². The second-order valence-electron chi connectivity index (χ2n) is 6.76. The number of non-ortho nitro benzene ring substituents is 1. The lowest BCUT2D eigenvalue weighted by molar-refractivity contribution is -0.384. The molecule has 9 nitrogen and oxygen atoms in total. The number of nitro benzene ring substituents is 1. The number of nitrogens with one attached hydrogen (secondary N) is 1. The number of aromatic nitrogens is 3. The van der Waals surface area contributed by atoms with Gasteiger partial charge < -0.3 is 10.1 Å². The fourth-order valence-electron chi connectivity index (χ4n) is 2.78. The second kappa shape index (κ2) is 10.8. The normalized spacial score (nSPS) is 11.1. The van der Waals surface area contributed by atoms with Gasteiger partial charge in [-0.2, -0.15) is 13.2 Å². The molecule has 1 N–H and O–H groups in total. The summed E-state index contributed by atoms with van der Waals surface area (Å²) in [5.41, 5.74) is -0.701. The molecule has 0 unspecified atom stereocenters. The third-order valence-corrected chi connectivity index (χ3v) is 5.27. The average molecular weight is 493 g/mol. The van der Waals surface area contributed by atoms with Crippen LogP contribution in [0.25, 0.3) is 0 Å². The van der Waals surface area contributed by atoms with E-state index >= 15 is 0 Å². The highest BCUT2D eigenvalue weighted by Gasteiger charge is 2.30. The minimum atomic E-state index is -4.49. The first kappa shape index (κ1) is 24.8. The van der Waals surface area contributed by atoms with Crippen LogP contribution in [0.15, 0.2) is 66.3 Å². The number of benzene rings is 2. The van der Waals surface area contributed by atoms with Gasteiger partial charge in [-0.15, -0.1) is 16.8 Å². The summed E-state index contributed by atoms with van der Waals surface area (Å²) < 4.78 is 45.7. The molecule has 3 rings (SSSR count). The van der Waals surface area contributed by atoms with Crippen molar-refractivity contribution in [2.75, 3.05) is 11.1 Å². The van der Waals surface area contributed by atoms with Crippen LogP contribution in [0, 0.1) is 10.1 Å². The topological polar surface area (TPSA) is 112 Å². The van der Waals surface area contributed by atoms with Crippen LogP contribution in [0.4, 0.5) is 24.5 Å². The molecule has 34 heavy (non-hydrogen) atoms. The zero-order valence-corrected chi connectivity index (χ0v) is 18.3. The number of ether oxygens (including phenoxy) is 1. The van der Waals surface area contributed by atoms with Gasteiger partial charge >= 0.3 is 6.18 Å². The number of anilines is 1. The largest absolute Gasteiger partial charge is 0.486 e. The Labute approximate surface area is 195 Å². The zero-order valence-electron chi connectivity index (χ0n) is 17.5. The standard InChI is InChI=1S/C21H18F3N5O4S/c1-2-9-28-18(12-33-17-8-3-5-14(10-17)21(22,23)24)26-27-20(28)34-13-19(30)25-15-6-4-7-16(11-15)29(31)32/h2-8,10-11H,1,9,12-13H2,(H,25,30). The Kier molecular flexibility index (Phi) is 7.89. The number of carbonyl (C=O) groups excluding carboxylic acids is 1. The fraction of sp³-hybridized carbons (Fsp3) is 0.190. The molecule has 0 saturated carbocycles. The first-order chi connectivity index (χ1) is 16.2. The Morgan fingerprint density at radius 2 is 2.00 bits per heavy atom. The van der Waals surface area contributed by atoms with E-state index in [-0.39, 0.29) is 36.0 Å². The summed E-state index contributed by atoms with van der Waals surface area (Å²) in [6.07, 6.45) is -2.92. The molecule has 0 aliphatic heterocycles. The molecule has 0 saturated heterocycles. The molecule has 0 bridgehead atoms. The highest BCUT2D eigenvalue weighted by atomic mass is 32.2. The summed E-state index contributed by atoms with van der Waals surface area (Å²) in [4.78, 5) is 22.6. The number of alkyl halides is 3. The number of amides is 1. The van der Waals surface area contributed by atoms with Crippen molar-refractivity contribution in [3.8, 4) is 5.75 Å². The molecule has 3 aromatic rings. The maximum atomic E-state index is 12.9. The maximum Gasteiger partial charge on any atom is 0.416 e. The van der Waals surface area contributed by atoms with E-state index in [1.165, 1.54) is 36.4 Å². The van der Waals surface area contributed by atoms with Crippen molar-refractivity contribution in [3.63, 3.8) is 0 Å². The molecular weight excluding hydrogens is 475 g/mol. The van der Waals surface area contributed by atoms with Gasteiger partial charge in [-0.05, 0) is 24.3 Å². The van der Waals surface area contributed by atoms with Crippen LogP contribution in [0.3, 0.4) is 0 Å². The van der Waals surface area contributed by atoms with E-state index in [0.29, 0.717) is 11.0 Å². The first-order valence-electron chi connectivity index (χ1n) is 9.67. The Hall–Kier alpha value is -3.87. The van der Waals surface area contributed by atoms with Gasteiger partial charge in [0.2, 0.25) is 5.91 Å². The van der Waals surface area contributed by atoms with Crippen molar-refractivity contribution < 1.29 is 27.6 Å². The molecule has 0 radical (unpaired) electrons. The van der Waals surface area contributed by atoms with Crippen molar-refractivity contribution in [3.05, 3.63) is 82.7 Å². The molecule has 178 valence electrons. The molecule has 13 heteroatoms. The van der Waals surface area contributed by atoms with Crippen LogP contribution < -0.4 is 10.1 Å². The Morgan fingerprint density at radius 3 is 2.71 bits per heavy atom. The van der Waals surface area contributed by atoms with E-state index in [1.54, 1.807) is 10.6 Å². The number of nitro groups is 1. The third kappa shape index (κ3) is 6.57. The van der Waals surface area contributed by atoms with Crippen LogP contribution in [-0.4, -0.2) is 31.3 Å². The van der Waals surface area contributed by atoms with Crippen molar-refractivity contribution in [2.45, 2.75) is 24.5 Å². The van der Waals surface area contributed by atoms with E-state index in [0.717, 1.165) is 23.9 Å². The van der Waals surface area contributed by atoms with E-state index < -0.39 is 22.6 Å². The zero-order chi connectivity index (χ0) is 24.7. The number of hydrogen-bond donors (Lipinski definition) is 1. The molecule has 0 spiro atoms. The molecule has 1 amide bonds. The molecule has 0 atom stereocenters. The molecule has 1 heterocycles. The predicted molar refractivity (Wildman–Crippen MR) is 118 cm³/mol. The van der Waals surface area contributed by atoms with E-state index in [4.69, 9.17) is 4.74 Å². The molecule has 0 aliphatic rings. The number of nitrogens with zero attached hydrogens (tertiary/aromatic N) is 4. The monoisotopic (exact) mass is 493 g/mol. The summed E-state index contributed by atoms with van der Waals surface area (Å²) in [6, 6.07) is 10.0. The Balaban J connectivity index is 1.63. The van der Waals surface area contributed by atoms with Crippen molar-refractivity contribution in [2.24, 2.45) is 0 Å². The SMILES string of the molecule is C=CCn1c(COc2cccc(C(F)(F)F)c2)nnc1SCC(=O)Nc1cccc([N+](=O)[O-])c1. The second-order valence-corrected chi connectivity index (χ2v) is 7.70. The molecule has 1 aromatic heterocycles. The smallest absolute Gasteiger partial charge is 0.416 e. The minimum absolute atomic E-state index is 0.0218. The van der Waals surface area contributed by atoms with Crippen molar-refractivity contribution in [1.29, 1.82) is 0 Å². The Bertz CT molecular complexity index is 1200. The number of halogens is 3. The summed E-state index contributed by atoms with van der Waals surface area (Å²) in [5, 5.41) is 21.8. The minimum Gasteiger partial charge on any atom is -0.486 e. The maximum absolute atomic E-state index is 12.9. The van der Waals surface area contributed by atoms with E-state index in [9.17, 15) is 28.1 Å². The van der Waals surface area contributed by atoms with Gasteiger partial charge in [-0.25, -0.2) is 0 Å². The molecular formula is C21H18F3N5O4S. The summed E-state index contributed by atoms with van der Waals surface area (Å²) in [7, 11) is 0. The lowest BCUT2D eigenvalue weighted by Gasteiger charge is -2.11. The van der Waals surface area contributed by atoms with Gasteiger partial charge in [0.05, 0.1) is 16.2 Å². The van der Waals surface area contributed by atoms with E-state index in [2.05, 4.69) is 22.1 Å². The fourth-order valence-corrected chi connectivity index (χ4v) is 3.55. The summed E-state index contributed by atoms with van der Waals surface area (Å²) in [5.74, 6) is -0.125. The number of carbonyl (C=O) groups is 1. The molecule has 2 aromatic carbocycles. The van der Waals surface area contributed by atoms with Gasteiger partial charge in [-0.3, -0.25) is 19.5 Å². The van der Waals surface area contributed by atoms with Crippen LogP contribution in [0.5, 0.6) is 5.75 Å². The Morgan fingerprint density at radius 1 is 1.24 bits per heavy atom. The summed E-state index contributed by atoms with van der Waals surface area (Å²) >= 11 is 1.06. The van der Waals surface area contributed by atoms with Crippen LogP contribution >= 0.6 is 11.8 Å². The van der Waals surface area contributed by atoms with Gasteiger partial charge in [0.15, 0.2) is 11.0 Å².